The molecule has 1 aromatic carbocycles. The van der Waals surface area contributed by atoms with Gasteiger partial charge >= 0.3 is 0 Å². The van der Waals surface area contributed by atoms with E-state index in [1.54, 1.807) is 7.11 Å². The van der Waals surface area contributed by atoms with E-state index in [2.05, 4.69) is 18.7 Å². The molecular weight excluding hydrogens is 254 g/mol. The minimum Gasteiger partial charge on any atom is -0.496 e. The minimum atomic E-state index is -0.447. The molecule has 112 valence electrons. The Morgan fingerprint density at radius 2 is 1.95 bits per heavy atom. The molecule has 1 heterocycles. The standard InChI is InChI=1S/C16H25NO3/c1-16(2,17-8-10-20-11-9-17)15(18)12-13-6-4-5-7-14(13)19-3/h4-7,15,18H,8-12H2,1-3H3. The molecule has 0 spiro atoms. The summed E-state index contributed by atoms with van der Waals surface area (Å²) in [6, 6.07) is 7.87. The molecule has 1 saturated heterocycles. The minimum absolute atomic E-state index is 0.273. The third-order valence-corrected chi connectivity index (χ3v) is 4.25. The average molecular weight is 279 g/mol. The number of para-hydroxylation sites is 1. The lowest BCUT2D eigenvalue weighted by Gasteiger charge is -2.43. The molecule has 2 rings (SSSR count). The van der Waals surface area contributed by atoms with Crippen molar-refractivity contribution in [1.29, 1.82) is 0 Å². The topological polar surface area (TPSA) is 41.9 Å². The van der Waals surface area contributed by atoms with Crippen molar-refractivity contribution >= 4 is 0 Å². The monoisotopic (exact) mass is 279 g/mol. The summed E-state index contributed by atoms with van der Waals surface area (Å²) in [7, 11) is 1.67. The molecule has 1 aromatic rings. The van der Waals surface area contributed by atoms with Gasteiger partial charge in [-0.3, -0.25) is 4.90 Å². The zero-order valence-electron chi connectivity index (χ0n) is 12.6. The van der Waals surface area contributed by atoms with E-state index < -0.39 is 6.10 Å². The van der Waals surface area contributed by atoms with Crippen LogP contribution in [-0.2, 0) is 11.2 Å². The maximum absolute atomic E-state index is 10.7. The number of benzene rings is 1. The normalized spacial score (nSPS) is 18.8. The Balaban J connectivity index is 2.07. The predicted molar refractivity (Wildman–Crippen MR) is 79.2 cm³/mol. The number of nitrogens with zero attached hydrogens (tertiary/aromatic N) is 1. The van der Waals surface area contributed by atoms with Crippen molar-refractivity contribution in [1.82, 2.24) is 4.90 Å². The average Bonchev–Trinajstić information content (AvgIpc) is 2.48. The fraction of sp³-hybridized carbons (Fsp3) is 0.625. The Bertz CT molecular complexity index is 427. The Morgan fingerprint density at radius 1 is 1.30 bits per heavy atom. The van der Waals surface area contributed by atoms with Crippen LogP contribution in [-0.4, -0.2) is 55.1 Å². The lowest BCUT2D eigenvalue weighted by molar-refractivity contribution is -0.0613. The number of hydrogen-bond acceptors (Lipinski definition) is 4. The fourth-order valence-corrected chi connectivity index (χ4v) is 2.68. The highest BCUT2D eigenvalue weighted by Crippen LogP contribution is 2.26. The first-order valence-corrected chi connectivity index (χ1v) is 7.18. The summed E-state index contributed by atoms with van der Waals surface area (Å²) >= 11 is 0. The zero-order valence-corrected chi connectivity index (χ0v) is 12.6. The second-order valence-corrected chi connectivity index (χ2v) is 5.78. The van der Waals surface area contributed by atoms with Gasteiger partial charge in [0.1, 0.15) is 5.75 Å². The third-order valence-electron chi connectivity index (χ3n) is 4.25. The molecule has 1 atom stereocenters. The van der Waals surface area contributed by atoms with Crippen LogP contribution in [0, 0.1) is 0 Å². The van der Waals surface area contributed by atoms with Crippen molar-refractivity contribution in [2.75, 3.05) is 33.4 Å². The highest BCUT2D eigenvalue weighted by molar-refractivity contribution is 5.34. The maximum atomic E-state index is 10.7. The SMILES string of the molecule is COc1ccccc1CC(O)C(C)(C)N1CCOCC1. The van der Waals surface area contributed by atoms with Crippen LogP contribution in [0.4, 0.5) is 0 Å². The van der Waals surface area contributed by atoms with E-state index in [-0.39, 0.29) is 5.54 Å². The van der Waals surface area contributed by atoms with Crippen LogP contribution in [0.5, 0.6) is 5.75 Å². The summed E-state index contributed by atoms with van der Waals surface area (Å²) in [6.07, 6.45) is 0.144. The molecule has 1 unspecified atom stereocenters. The molecule has 0 bridgehead atoms. The first-order valence-electron chi connectivity index (χ1n) is 7.18. The Hall–Kier alpha value is -1.10. The molecule has 20 heavy (non-hydrogen) atoms. The van der Waals surface area contributed by atoms with Crippen molar-refractivity contribution in [2.45, 2.75) is 31.9 Å². The maximum Gasteiger partial charge on any atom is 0.122 e. The molecule has 1 aliphatic heterocycles. The van der Waals surface area contributed by atoms with E-state index in [0.717, 1.165) is 37.6 Å². The Kier molecular flexibility index (Phi) is 5.02. The van der Waals surface area contributed by atoms with Crippen LogP contribution in [0.15, 0.2) is 24.3 Å². The van der Waals surface area contributed by atoms with E-state index >= 15 is 0 Å². The smallest absolute Gasteiger partial charge is 0.122 e. The third kappa shape index (κ3) is 3.32. The van der Waals surface area contributed by atoms with Crippen molar-refractivity contribution in [3.63, 3.8) is 0 Å². The summed E-state index contributed by atoms with van der Waals surface area (Å²) in [5.74, 6) is 0.837. The second-order valence-electron chi connectivity index (χ2n) is 5.78. The molecule has 0 amide bonds. The largest absolute Gasteiger partial charge is 0.496 e. The number of morpholine rings is 1. The fourth-order valence-electron chi connectivity index (χ4n) is 2.68. The van der Waals surface area contributed by atoms with E-state index in [4.69, 9.17) is 9.47 Å². The summed E-state index contributed by atoms with van der Waals surface area (Å²) in [5, 5.41) is 10.7. The van der Waals surface area contributed by atoms with Crippen LogP contribution < -0.4 is 4.74 Å². The second kappa shape index (κ2) is 6.57. The van der Waals surface area contributed by atoms with E-state index in [1.807, 2.05) is 24.3 Å². The van der Waals surface area contributed by atoms with Gasteiger partial charge in [0.25, 0.3) is 0 Å². The van der Waals surface area contributed by atoms with Gasteiger partial charge in [-0.15, -0.1) is 0 Å². The molecular formula is C16H25NO3. The predicted octanol–water partition coefficient (Wildman–Crippen LogP) is 1.71. The van der Waals surface area contributed by atoms with Gasteiger partial charge in [0, 0.05) is 25.0 Å². The van der Waals surface area contributed by atoms with Gasteiger partial charge in [-0.25, -0.2) is 0 Å². The molecule has 0 aromatic heterocycles. The number of methoxy groups -OCH3 is 1. The van der Waals surface area contributed by atoms with Crippen LogP contribution >= 0.6 is 0 Å². The molecule has 0 aliphatic carbocycles. The molecule has 0 radical (unpaired) electrons. The zero-order chi connectivity index (χ0) is 14.6. The Morgan fingerprint density at radius 3 is 2.60 bits per heavy atom. The molecule has 1 N–H and O–H groups in total. The van der Waals surface area contributed by atoms with Gasteiger partial charge in [-0.05, 0) is 25.5 Å². The van der Waals surface area contributed by atoms with E-state index in [9.17, 15) is 5.11 Å². The highest BCUT2D eigenvalue weighted by Gasteiger charge is 2.35. The van der Waals surface area contributed by atoms with Gasteiger partial charge < -0.3 is 14.6 Å². The quantitative estimate of drug-likeness (QED) is 0.891. The molecule has 4 nitrogen and oxygen atoms in total. The van der Waals surface area contributed by atoms with Crippen molar-refractivity contribution in [3.8, 4) is 5.75 Å². The molecule has 1 aliphatic rings. The van der Waals surface area contributed by atoms with Crippen LogP contribution in [0.2, 0.25) is 0 Å². The molecule has 0 saturated carbocycles. The van der Waals surface area contributed by atoms with E-state index in [1.165, 1.54) is 0 Å². The lowest BCUT2D eigenvalue weighted by atomic mass is 9.89. The Labute approximate surface area is 121 Å². The van der Waals surface area contributed by atoms with Crippen LogP contribution in [0.1, 0.15) is 19.4 Å². The van der Waals surface area contributed by atoms with Crippen molar-refractivity contribution < 1.29 is 14.6 Å². The van der Waals surface area contributed by atoms with Gasteiger partial charge in [0.15, 0.2) is 0 Å². The van der Waals surface area contributed by atoms with Crippen molar-refractivity contribution in [3.05, 3.63) is 29.8 Å². The lowest BCUT2D eigenvalue weighted by Crippen LogP contribution is -2.56. The van der Waals surface area contributed by atoms with Crippen LogP contribution in [0.3, 0.4) is 0 Å². The molecule has 1 fully saturated rings. The summed E-state index contributed by atoms with van der Waals surface area (Å²) in [4.78, 5) is 2.30. The summed E-state index contributed by atoms with van der Waals surface area (Å²) < 4.78 is 10.7. The summed E-state index contributed by atoms with van der Waals surface area (Å²) in [6.45, 7) is 7.42. The van der Waals surface area contributed by atoms with Gasteiger partial charge in [0.05, 0.1) is 26.4 Å². The van der Waals surface area contributed by atoms with Crippen LogP contribution in [0.25, 0.3) is 0 Å². The summed E-state index contributed by atoms with van der Waals surface area (Å²) in [5.41, 5.74) is 0.772. The number of rotatable bonds is 5. The number of ether oxygens (including phenoxy) is 2. The van der Waals surface area contributed by atoms with Gasteiger partial charge in [0.2, 0.25) is 0 Å². The number of aliphatic hydroxyl groups excluding tert-OH is 1. The number of hydrogen-bond donors (Lipinski definition) is 1. The first-order chi connectivity index (χ1) is 9.55. The van der Waals surface area contributed by atoms with E-state index in [0.29, 0.717) is 6.42 Å². The molecule has 4 heteroatoms. The van der Waals surface area contributed by atoms with Gasteiger partial charge in [-0.2, -0.15) is 0 Å². The van der Waals surface area contributed by atoms with Gasteiger partial charge in [-0.1, -0.05) is 18.2 Å². The highest BCUT2D eigenvalue weighted by atomic mass is 16.5. The van der Waals surface area contributed by atoms with Crippen molar-refractivity contribution in [2.24, 2.45) is 0 Å². The first kappa shape index (κ1) is 15.3. The number of aliphatic hydroxyl groups is 1.